The van der Waals surface area contributed by atoms with E-state index in [0.29, 0.717) is 0 Å². The molecule has 296 valence electrons. The van der Waals surface area contributed by atoms with Crippen molar-refractivity contribution in [3.05, 3.63) is 175 Å². The van der Waals surface area contributed by atoms with Gasteiger partial charge in [-0.15, -0.1) is 11.3 Å². The monoisotopic (exact) mass is 814 g/mol. The normalized spacial score (nSPS) is 13.8. The summed E-state index contributed by atoms with van der Waals surface area (Å²) in [6.07, 6.45) is 1.93. The zero-order chi connectivity index (χ0) is 41.6. The van der Waals surface area contributed by atoms with Crippen molar-refractivity contribution in [3.8, 4) is 39.1 Å². The molecule has 13 rings (SSSR count). The number of hydrogen-bond donors (Lipinski definition) is 1. The molecule has 11 aromatic rings. The Bertz CT molecular complexity index is 3690. The third-order valence-electron chi connectivity index (χ3n) is 14.0. The van der Waals surface area contributed by atoms with Crippen molar-refractivity contribution in [1.82, 2.24) is 4.57 Å². The Morgan fingerprint density at radius 2 is 1.39 bits per heavy atom. The predicted molar refractivity (Wildman–Crippen MR) is 267 cm³/mol. The molecule has 62 heavy (non-hydrogen) atoms. The summed E-state index contributed by atoms with van der Waals surface area (Å²) >= 11 is 1.89. The van der Waals surface area contributed by atoms with Gasteiger partial charge in [0.2, 0.25) is 0 Å². The number of rotatable bonds is 4. The van der Waals surface area contributed by atoms with Gasteiger partial charge in [-0.05, 0) is 104 Å². The molecule has 0 atom stereocenters. The van der Waals surface area contributed by atoms with Crippen molar-refractivity contribution in [3.63, 3.8) is 0 Å². The van der Waals surface area contributed by atoms with Crippen LogP contribution in [0.4, 0.5) is 11.4 Å². The molecule has 1 aliphatic carbocycles. The average Bonchev–Trinajstić information content (AvgIpc) is 4.01. The Hall–Kier alpha value is -6.82. The van der Waals surface area contributed by atoms with Gasteiger partial charge in [0.05, 0.1) is 11.8 Å². The Balaban J connectivity index is 1.10. The second-order valence-corrected chi connectivity index (χ2v) is 20.1. The number of hydrogen-bond acceptors (Lipinski definition) is 3. The van der Waals surface area contributed by atoms with E-state index in [1.807, 2.05) is 17.6 Å². The van der Waals surface area contributed by atoms with Crippen LogP contribution >= 0.6 is 11.3 Å². The topological polar surface area (TPSA) is 30.1 Å². The smallest absolute Gasteiger partial charge is 0.198 e. The van der Waals surface area contributed by atoms with Crippen molar-refractivity contribution in [2.75, 3.05) is 5.32 Å². The van der Waals surface area contributed by atoms with Gasteiger partial charge in [-0.3, -0.25) is 0 Å². The molecule has 3 aromatic heterocycles. The highest BCUT2D eigenvalue weighted by molar-refractivity contribution is 7.25. The number of nitrogens with one attached hydrogen (secondary N) is 1. The number of benzene rings is 8. The largest absolute Gasteiger partial charge is 0.464 e. The summed E-state index contributed by atoms with van der Waals surface area (Å²) in [5.41, 5.74) is 20.9. The third-order valence-corrected chi connectivity index (χ3v) is 15.2. The summed E-state index contributed by atoms with van der Waals surface area (Å²) in [6, 6.07) is 56.8. The van der Waals surface area contributed by atoms with E-state index in [9.17, 15) is 0 Å². The fourth-order valence-electron chi connectivity index (χ4n) is 10.8. The minimum Gasteiger partial charge on any atom is -0.464 e. The highest BCUT2D eigenvalue weighted by atomic mass is 32.1. The molecule has 0 unspecified atom stereocenters. The number of thiophene rings is 1. The first-order valence-corrected chi connectivity index (χ1v) is 22.6. The number of aromatic nitrogens is 1. The molecule has 0 saturated heterocycles. The maximum absolute atomic E-state index is 6.41. The quantitative estimate of drug-likeness (QED) is 0.179. The summed E-state index contributed by atoms with van der Waals surface area (Å²) in [5, 5.41) is 10.3. The first kappa shape index (κ1) is 35.9. The molecule has 0 spiro atoms. The van der Waals surface area contributed by atoms with Crippen molar-refractivity contribution < 1.29 is 4.42 Å². The van der Waals surface area contributed by atoms with Gasteiger partial charge in [0.15, 0.2) is 7.28 Å². The van der Waals surface area contributed by atoms with Crippen molar-refractivity contribution in [1.29, 1.82) is 0 Å². The molecule has 4 heterocycles. The second-order valence-electron chi connectivity index (χ2n) is 19.0. The highest BCUT2D eigenvalue weighted by Crippen LogP contribution is 2.52. The van der Waals surface area contributed by atoms with E-state index in [-0.39, 0.29) is 10.8 Å². The molecule has 8 aromatic carbocycles. The van der Waals surface area contributed by atoms with Crippen LogP contribution in [0.5, 0.6) is 0 Å². The van der Waals surface area contributed by atoms with Gasteiger partial charge in [0.1, 0.15) is 5.58 Å². The Morgan fingerprint density at radius 1 is 0.597 bits per heavy atom. The van der Waals surface area contributed by atoms with Gasteiger partial charge in [-0.2, -0.15) is 0 Å². The van der Waals surface area contributed by atoms with Gasteiger partial charge in [-0.1, -0.05) is 137 Å². The number of nitrogens with zero attached hydrogens (tertiary/aromatic N) is 1. The SMILES string of the molecule is CC(C)(C)c1ccc(Nc2cc3c(cc2-c2ccc4c5cc6c(cc5n5c4c2Bc2cc4occ(-c7ccccc7)c4cc2-5)sc2ccccc26)-c2ccccc2C3(C)C)cc1. The Labute approximate surface area is 365 Å². The maximum atomic E-state index is 6.41. The molecule has 0 bridgehead atoms. The molecule has 0 saturated carbocycles. The molecular formula is C57H43BN2OS. The highest BCUT2D eigenvalue weighted by Gasteiger charge is 2.37. The lowest BCUT2D eigenvalue weighted by molar-refractivity contribution is 0.590. The fraction of sp³-hybridized carbons (Fsp3) is 0.123. The van der Waals surface area contributed by atoms with Crippen LogP contribution in [0.3, 0.4) is 0 Å². The summed E-state index contributed by atoms with van der Waals surface area (Å²) in [4.78, 5) is 0. The molecule has 5 heteroatoms. The fourth-order valence-corrected chi connectivity index (χ4v) is 12.0. The summed E-state index contributed by atoms with van der Waals surface area (Å²) < 4.78 is 11.6. The van der Waals surface area contributed by atoms with Crippen LogP contribution in [0, 0.1) is 0 Å². The lowest BCUT2D eigenvalue weighted by Crippen LogP contribution is -2.37. The average molecular weight is 815 g/mol. The van der Waals surface area contributed by atoms with Crippen molar-refractivity contribution in [2.45, 2.75) is 45.4 Å². The molecule has 0 amide bonds. The van der Waals surface area contributed by atoms with Crippen LogP contribution in [0.15, 0.2) is 162 Å². The van der Waals surface area contributed by atoms with Crippen LogP contribution in [-0.2, 0) is 10.8 Å². The maximum Gasteiger partial charge on any atom is 0.198 e. The molecule has 1 N–H and O–H groups in total. The summed E-state index contributed by atoms with van der Waals surface area (Å²) in [5.74, 6) is 0. The van der Waals surface area contributed by atoms with Crippen LogP contribution in [-0.4, -0.2) is 11.8 Å². The third kappa shape index (κ3) is 5.06. The van der Waals surface area contributed by atoms with Gasteiger partial charge in [-0.25, -0.2) is 0 Å². The second kappa shape index (κ2) is 12.6. The number of furan rings is 1. The van der Waals surface area contributed by atoms with Gasteiger partial charge in [0, 0.05) is 75.5 Å². The number of fused-ring (bicyclic) bond motifs is 12. The lowest BCUT2D eigenvalue weighted by atomic mass is 9.59. The van der Waals surface area contributed by atoms with Crippen LogP contribution in [0.2, 0.25) is 0 Å². The Morgan fingerprint density at radius 3 is 2.23 bits per heavy atom. The summed E-state index contributed by atoms with van der Waals surface area (Å²) in [6.45, 7) is 11.6. The minimum absolute atomic E-state index is 0.0758. The minimum atomic E-state index is -0.134. The van der Waals surface area contributed by atoms with E-state index in [1.165, 1.54) is 97.5 Å². The summed E-state index contributed by atoms with van der Waals surface area (Å²) in [7, 11) is 0.784. The number of anilines is 2. The zero-order valence-electron chi connectivity index (χ0n) is 35.5. The van der Waals surface area contributed by atoms with Crippen LogP contribution in [0.1, 0.15) is 51.3 Å². The van der Waals surface area contributed by atoms with E-state index >= 15 is 0 Å². The van der Waals surface area contributed by atoms with E-state index in [2.05, 4.69) is 196 Å². The van der Waals surface area contributed by atoms with E-state index in [4.69, 9.17) is 4.42 Å². The molecule has 3 nitrogen and oxygen atoms in total. The van der Waals surface area contributed by atoms with Gasteiger partial charge >= 0.3 is 0 Å². The predicted octanol–water partition coefficient (Wildman–Crippen LogP) is 14.3. The van der Waals surface area contributed by atoms with Crippen LogP contribution < -0.4 is 16.2 Å². The van der Waals surface area contributed by atoms with Gasteiger partial charge in [0.25, 0.3) is 0 Å². The first-order chi connectivity index (χ1) is 30.1. The molecule has 0 fully saturated rings. The molecule has 0 radical (unpaired) electrons. The van der Waals surface area contributed by atoms with E-state index < -0.39 is 0 Å². The molecule has 1 aliphatic heterocycles. The lowest BCUT2D eigenvalue weighted by Gasteiger charge is -2.26. The Kier molecular flexibility index (Phi) is 7.31. The van der Waals surface area contributed by atoms with Crippen molar-refractivity contribution >= 4 is 93.9 Å². The van der Waals surface area contributed by atoms with E-state index in [1.54, 1.807) is 0 Å². The standard InChI is InChI=1S/C57H43BN2OS/c1-56(2,3)33-19-21-34(22-20-33)59-48-28-46-39(35-15-9-11-17-45(35)57(46,4)5)25-40(48)37-23-24-38-41-26-43-36-16-10-12-18-52(36)62-53(43)30-49(41)60-50-27-42-44(32-13-7-6-8-14-32)31-61-51(42)29-47(50)58-54(37)55(38)60/h6-31,58-59H,1-5H3. The zero-order valence-corrected chi connectivity index (χ0v) is 36.3. The first-order valence-electron chi connectivity index (χ1n) is 21.8. The van der Waals surface area contributed by atoms with Gasteiger partial charge < -0.3 is 14.3 Å². The molecular weight excluding hydrogens is 772 g/mol. The molecule has 2 aliphatic rings. The van der Waals surface area contributed by atoms with Crippen molar-refractivity contribution in [2.24, 2.45) is 0 Å². The van der Waals surface area contributed by atoms with E-state index in [0.717, 1.165) is 40.8 Å². The van der Waals surface area contributed by atoms with Crippen LogP contribution in [0.25, 0.3) is 92.0 Å².